The Hall–Kier alpha value is -2.89. The van der Waals surface area contributed by atoms with Gasteiger partial charge in [0.2, 0.25) is 5.91 Å². The van der Waals surface area contributed by atoms with E-state index in [-0.39, 0.29) is 36.8 Å². The van der Waals surface area contributed by atoms with Crippen LogP contribution in [0.25, 0.3) is 0 Å². The van der Waals surface area contributed by atoms with E-state index in [9.17, 15) is 14.0 Å². The number of nitrogens with zero attached hydrogens (tertiary/aromatic N) is 1. The minimum Gasteiger partial charge on any atom is -0.483 e. The number of hydrogen-bond donors (Lipinski definition) is 1. The maximum Gasteiger partial charge on any atom is 0.261 e. The third-order valence-electron chi connectivity index (χ3n) is 4.76. The highest BCUT2D eigenvalue weighted by atomic mass is 19.1. The monoisotopic (exact) mass is 414 g/mol. The van der Waals surface area contributed by atoms with Gasteiger partial charge in [-0.25, -0.2) is 4.39 Å². The van der Waals surface area contributed by atoms with E-state index in [1.807, 2.05) is 52.8 Å². The summed E-state index contributed by atoms with van der Waals surface area (Å²) in [5.41, 5.74) is 2.80. The van der Waals surface area contributed by atoms with Gasteiger partial charge in [0.05, 0.1) is 0 Å². The SMILES string of the molecule is CC[C@H](C(=O)NC(C)C)N(Cc1ccc(F)cc1)C(=O)COc1ccc(C)cc1C. The van der Waals surface area contributed by atoms with Crippen molar-refractivity contribution in [1.29, 1.82) is 0 Å². The van der Waals surface area contributed by atoms with Crippen LogP contribution in [0.2, 0.25) is 0 Å². The first-order valence-corrected chi connectivity index (χ1v) is 10.3. The smallest absolute Gasteiger partial charge is 0.261 e. The lowest BCUT2D eigenvalue weighted by molar-refractivity contribution is -0.143. The zero-order chi connectivity index (χ0) is 22.3. The molecule has 0 saturated heterocycles. The molecule has 6 heteroatoms. The standard InChI is InChI=1S/C24H31FN2O3/c1-6-21(24(29)26-16(2)3)27(14-19-8-10-20(25)11-9-19)23(28)15-30-22-12-7-17(4)13-18(22)5/h7-13,16,21H,6,14-15H2,1-5H3,(H,26,29)/t21-/m1/s1. The second-order valence-corrected chi connectivity index (χ2v) is 7.79. The van der Waals surface area contributed by atoms with Gasteiger partial charge in [0, 0.05) is 12.6 Å². The predicted molar refractivity (Wildman–Crippen MR) is 116 cm³/mol. The molecule has 0 spiro atoms. The van der Waals surface area contributed by atoms with Crippen molar-refractivity contribution in [2.24, 2.45) is 0 Å². The van der Waals surface area contributed by atoms with Crippen molar-refractivity contribution < 1.29 is 18.7 Å². The van der Waals surface area contributed by atoms with Crippen molar-refractivity contribution in [2.75, 3.05) is 6.61 Å². The fraction of sp³-hybridized carbons (Fsp3) is 0.417. The number of halogens is 1. The second kappa shape index (κ2) is 10.8. The molecule has 2 aromatic carbocycles. The summed E-state index contributed by atoms with van der Waals surface area (Å²) in [6.45, 7) is 9.54. The fourth-order valence-corrected chi connectivity index (χ4v) is 3.27. The zero-order valence-electron chi connectivity index (χ0n) is 18.4. The Labute approximate surface area is 178 Å². The van der Waals surface area contributed by atoms with Gasteiger partial charge in [0.25, 0.3) is 5.91 Å². The van der Waals surface area contributed by atoms with Gasteiger partial charge < -0.3 is 15.0 Å². The lowest BCUT2D eigenvalue weighted by Gasteiger charge is -2.31. The number of aryl methyl sites for hydroxylation is 2. The van der Waals surface area contributed by atoms with Gasteiger partial charge in [-0.1, -0.05) is 36.8 Å². The first kappa shape index (κ1) is 23.4. The molecule has 2 aromatic rings. The van der Waals surface area contributed by atoms with E-state index in [4.69, 9.17) is 4.74 Å². The molecule has 5 nitrogen and oxygen atoms in total. The lowest BCUT2D eigenvalue weighted by Crippen LogP contribution is -2.51. The summed E-state index contributed by atoms with van der Waals surface area (Å²) in [6.07, 6.45) is 0.453. The molecule has 162 valence electrons. The van der Waals surface area contributed by atoms with E-state index < -0.39 is 6.04 Å². The molecule has 2 amide bonds. The average Bonchev–Trinajstić information content (AvgIpc) is 2.68. The molecule has 0 aromatic heterocycles. The molecule has 30 heavy (non-hydrogen) atoms. The molecule has 1 N–H and O–H groups in total. The molecule has 0 radical (unpaired) electrons. The van der Waals surface area contributed by atoms with Crippen LogP contribution in [0.4, 0.5) is 4.39 Å². The van der Waals surface area contributed by atoms with Crippen LogP contribution in [-0.2, 0) is 16.1 Å². The maximum atomic E-state index is 13.3. The van der Waals surface area contributed by atoms with Crippen molar-refractivity contribution in [2.45, 2.75) is 59.7 Å². The van der Waals surface area contributed by atoms with Crippen molar-refractivity contribution in [1.82, 2.24) is 10.2 Å². The second-order valence-electron chi connectivity index (χ2n) is 7.79. The highest BCUT2D eigenvalue weighted by Gasteiger charge is 2.29. The van der Waals surface area contributed by atoms with E-state index in [2.05, 4.69) is 5.32 Å². The summed E-state index contributed by atoms with van der Waals surface area (Å²) in [7, 11) is 0. The molecule has 0 saturated carbocycles. The largest absolute Gasteiger partial charge is 0.483 e. The van der Waals surface area contributed by atoms with E-state index >= 15 is 0 Å². The fourth-order valence-electron chi connectivity index (χ4n) is 3.27. The summed E-state index contributed by atoms with van der Waals surface area (Å²) in [6, 6.07) is 11.0. The van der Waals surface area contributed by atoms with Crippen LogP contribution in [0.1, 0.15) is 43.9 Å². The number of carbonyl (C=O) groups is 2. The Kier molecular flexibility index (Phi) is 8.39. The normalized spacial score (nSPS) is 11.8. The van der Waals surface area contributed by atoms with E-state index in [0.717, 1.165) is 16.7 Å². The van der Waals surface area contributed by atoms with Gasteiger partial charge in [-0.05, 0) is 63.4 Å². The van der Waals surface area contributed by atoms with Gasteiger partial charge in [-0.3, -0.25) is 9.59 Å². The van der Waals surface area contributed by atoms with Crippen LogP contribution >= 0.6 is 0 Å². The number of ether oxygens (including phenoxy) is 1. The molecule has 0 aliphatic carbocycles. The summed E-state index contributed by atoms with van der Waals surface area (Å²) in [4.78, 5) is 27.3. The highest BCUT2D eigenvalue weighted by molar-refractivity contribution is 5.88. The van der Waals surface area contributed by atoms with E-state index in [0.29, 0.717) is 12.2 Å². The van der Waals surface area contributed by atoms with Crippen molar-refractivity contribution in [3.63, 3.8) is 0 Å². The first-order chi connectivity index (χ1) is 14.2. The topological polar surface area (TPSA) is 58.6 Å². The number of benzene rings is 2. The van der Waals surface area contributed by atoms with E-state index in [1.165, 1.54) is 17.0 Å². The molecule has 0 aliphatic heterocycles. The van der Waals surface area contributed by atoms with Crippen LogP contribution < -0.4 is 10.1 Å². The van der Waals surface area contributed by atoms with Gasteiger partial charge in [-0.2, -0.15) is 0 Å². The minimum atomic E-state index is -0.646. The first-order valence-electron chi connectivity index (χ1n) is 10.3. The molecule has 0 bridgehead atoms. The van der Waals surface area contributed by atoms with Gasteiger partial charge in [0.1, 0.15) is 17.6 Å². The van der Waals surface area contributed by atoms with Crippen LogP contribution in [0.15, 0.2) is 42.5 Å². The molecule has 1 atom stereocenters. The Balaban J connectivity index is 2.22. The maximum absolute atomic E-state index is 13.3. The summed E-state index contributed by atoms with van der Waals surface area (Å²) < 4.78 is 19.1. The summed E-state index contributed by atoms with van der Waals surface area (Å²) >= 11 is 0. The Morgan fingerprint density at radius 1 is 1.10 bits per heavy atom. The molecule has 2 rings (SSSR count). The van der Waals surface area contributed by atoms with Crippen molar-refractivity contribution in [3.05, 3.63) is 65.0 Å². The Morgan fingerprint density at radius 3 is 2.33 bits per heavy atom. The third-order valence-corrected chi connectivity index (χ3v) is 4.76. The summed E-state index contributed by atoms with van der Waals surface area (Å²) in [5, 5.41) is 2.88. The number of carbonyl (C=O) groups excluding carboxylic acids is 2. The Bertz CT molecular complexity index is 865. The zero-order valence-corrected chi connectivity index (χ0v) is 18.4. The molecule has 0 unspecified atom stereocenters. The van der Waals surface area contributed by atoms with Gasteiger partial charge in [-0.15, -0.1) is 0 Å². The highest BCUT2D eigenvalue weighted by Crippen LogP contribution is 2.20. The van der Waals surface area contributed by atoms with Crippen molar-refractivity contribution in [3.8, 4) is 5.75 Å². The quantitative estimate of drug-likeness (QED) is 0.671. The minimum absolute atomic E-state index is 0.0409. The van der Waals surface area contributed by atoms with E-state index in [1.54, 1.807) is 12.1 Å². The average molecular weight is 415 g/mol. The van der Waals surface area contributed by atoms with Crippen LogP contribution in [0.5, 0.6) is 5.75 Å². The number of hydrogen-bond acceptors (Lipinski definition) is 3. The Morgan fingerprint density at radius 2 is 1.77 bits per heavy atom. The third kappa shape index (κ3) is 6.58. The molecule has 0 aliphatic rings. The van der Waals surface area contributed by atoms with Crippen LogP contribution in [0.3, 0.4) is 0 Å². The number of rotatable bonds is 9. The lowest BCUT2D eigenvalue weighted by atomic mass is 10.1. The molecular formula is C24H31FN2O3. The van der Waals surface area contributed by atoms with Gasteiger partial charge in [0.15, 0.2) is 6.61 Å². The number of amides is 2. The predicted octanol–water partition coefficient (Wildman–Crippen LogP) is 4.15. The molecular weight excluding hydrogens is 383 g/mol. The summed E-state index contributed by atoms with van der Waals surface area (Å²) in [5.74, 6) is -0.228. The molecule has 0 heterocycles. The van der Waals surface area contributed by atoms with Crippen LogP contribution in [0, 0.1) is 19.7 Å². The molecule has 0 fully saturated rings. The number of nitrogens with one attached hydrogen (secondary N) is 1. The van der Waals surface area contributed by atoms with Gasteiger partial charge >= 0.3 is 0 Å². The van der Waals surface area contributed by atoms with Crippen LogP contribution in [-0.4, -0.2) is 35.4 Å². The van der Waals surface area contributed by atoms with Crippen molar-refractivity contribution >= 4 is 11.8 Å².